The van der Waals surface area contributed by atoms with Crippen LogP contribution in [0.1, 0.15) is 19.3 Å². The van der Waals surface area contributed by atoms with Crippen LogP contribution in [0.15, 0.2) is 18.2 Å². The van der Waals surface area contributed by atoms with Gasteiger partial charge in [0.2, 0.25) is 5.91 Å². The van der Waals surface area contributed by atoms with E-state index in [-0.39, 0.29) is 5.91 Å². The van der Waals surface area contributed by atoms with Gasteiger partial charge in [-0.1, -0.05) is 39.1 Å². The van der Waals surface area contributed by atoms with Gasteiger partial charge in [-0.3, -0.25) is 4.79 Å². The zero-order valence-corrected chi connectivity index (χ0v) is 11.7. The lowest BCUT2D eigenvalue weighted by Gasteiger charge is -2.07. The maximum atomic E-state index is 11.5. The molecule has 0 saturated heterocycles. The number of anilines is 1. The molecule has 0 unspecified atom stereocenters. The van der Waals surface area contributed by atoms with E-state index >= 15 is 0 Å². The van der Waals surface area contributed by atoms with Gasteiger partial charge in [0, 0.05) is 16.8 Å². The van der Waals surface area contributed by atoms with Crippen molar-refractivity contribution in [2.75, 3.05) is 10.6 Å². The Morgan fingerprint density at radius 2 is 2.06 bits per heavy atom. The van der Waals surface area contributed by atoms with E-state index in [0.29, 0.717) is 22.2 Å². The maximum Gasteiger partial charge on any atom is 0.224 e. The molecule has 0 heterocycles. The zero-order valence-electron chi connectivity index (χ0n) is 8.60. The number of amides is 1. The third-order valence-electron chi connectivity index (χ3n) is 1.99. The smallest absolute Gasteiger partial charge is 0.224 e. The van der Waals surface area contributed by atoms with E-state index in [2.05, 4.69) is 21.2 Å². The van der Waals surface area contributed by atoms with E-state index in [0.717, 1.165) is 18.2 Å². The fourth-order valence-electron chi connectivity index (χ4n) is 1.19. The first-order valence-electron chi connectivity index (χ1n) is 4.94. The Labute approximate surface area is 113 Å². The first-order chi connectivity index (χ1) is 7.63. The molecule has 16 heavy (non-hydrogen) atoms. The third-order valence-corrected chi connectivity index (χ3v) is 3.12. The minimum atomic E-state index is -0.0369. The molecule has 0 atom stereocenters. The summed E-state index contributed by atoms with van der Waals surface area (Å²) < 4.78 is 0. The second kappa shape index (κ2) is 7.15. The van der Waals surface area contributed by atoms with E-state index in [1.165, 1.54) is 0 Å². The van der Waals surface area contributed by atoms with Crippen LogP contribution in [0.5, 0.6) is 0 Å². The van der Waals surface area contributed by atoms with Gasteiger partial charge >= 0.3 is 0 Å². The lowest BCUT2D eigenvalue weighted by atomic mass is 10.2. The van der Waals surface area contributed by atoms with Crippen molar-refractivity contribution in [3.05, 3.63) is 28.2 Å². The highest BCUT2D eigenvalue weighted by Gasteiger charge is 2.06. The third kappa shape index (κ3) is 4.73. The number of benzene rings is 1. The molecule has 1 aromatic rings. The molecule has 0 aliphatic carbocycles. The molecule has 5 heteroatoms. The Hall–Kier alpha value is -0.250. The molecule has 0 spiro atoms. The topological polar surface area (TPSA) is 29.1 Å². The zero-order chi connectivity index (χ0) is 12.0. The predicted octanol–water partition coefficient (Wildman–Crippen LogP) is 4.50. The van der Waals surface area contributed by atoms with Crippen molar-refractivity contribution in [3.8, 4) is 0 Å². The van der Waals surface area contributed by atoms with E-state index in [1.807, 2.05) is 0 Å². The number of alkyl halides is 1. The van der Waals surface area contributed by atoms with Gasteiger partial charge in [0.05, 0.1) is 10.7 Å². The quantitative estimate of drug-likeness (QED) is 0.627. The average molecular weight is 325 g/mol. The standard InChI is InChI=1S/C11H12BrCl2NO/c12-6-2-1-3-11(16)15-10-7-8(13)4-5-9(10)14/h4-5,7H,1-3,6H2,(H,15,16). The molecule has 0 aromatic heterocycles. The van der Waals surface area contributed by atoms with Crippen LogP contribution >= 0.6 is 39.1 Å². The molecule has 0 radical (unpaired) electrons. The summed E-state index contributed by atoms with van der Waals surface area (Å²) >= 11 is 15.0. The van der Waals surface area contributed by atoms with Gasteiger partial charge in [0.1, 0.15) is 0 Å². The first kappa shape index (κ1) is 13.8. The van der Waals surface area contributed by atoms with Crippen molar-refractivity contribution in [2.45, 2.75) is 19.3 Å². The normalized spacial score (nSPS) is 10.2. The van der Waals surface area contributed by atoms with E-state index in [4.69, 9.17) is 23.2 Å². The van der Waals surface area contributed by atoms with E-state index < -0.39 is 0 Å². The van der Waals surface area contributed by atoms with Crippen molar-refractivity contribution in [3.63, 3.8) is 0 Å². The summed E-state index contributed by atoms with van der Waals surface area (Å²) in [6, 6.07) is 4.99. The second-order valence-corrected chi connectivity index (χ2v) is 4.96. The highest BCUT2D eigenvalue weighted by molar-refractivity contribution is 9.09. The van der Waals surface area contributed by atoms with Gasteiger partial charge in [0.25, 0.3) is 0 Å². The molecule has 88 valence electrons. The summed E-state index contributed by atoms with van der Waals surface area (Å²) in [7, 11) is 0. The molecule has 1 aromatic carbocycles. The highest BCUT2D eigenvalue weighted by atomic mass is 79.9. The molecule has 1 N–H and O–H groups in total. The number of rotatable bonds is 5. The fourth-order valence-corrected chi connectivity index (χ4v) is 1.92. The van der Waals surface area contributed by atoms with Crippen molar-refractivity contribution < 1.29 is 4.79 Å². The number of hydrogen-bond acceptors (Lipinski definition) is 1. The second-order valence-electron chi connectivity index (χ2n) is 3.32. The Morgan fingerprint density at radius 1 is 1.31 bits per heavy atom. The molecule has 0 aliphatic rings. The van der Waals surface area contributed by atoms with Crippen molar-refractivity contribution in [1.29, 1.82) is 0 Å². The summed E-state index contributed by atoms with van der Waals surface area (Å²) in [5.74, 6) is -0.0369. The number of halogens is 3. The molecular weight excluding hydrogens is 313 g/mol. The highest BCUT2D eigenvalue weighted by Crippen LogP contribution is 2.25. The molecule has 1 rings (SSSR count). The van der Waals surface area contributed by atoms with Crippen LogP contribution in [-0.2, 0) is 4.79 Å². The Bertz CT molecular complexity index is 371. The van der Waals surface area contributed by atoms with Crippen molar-refractivity contribution in [2.24, 2.45) is 0 Å². The number of nitrogens with one attached hydrogen (secondary N) is 1. The number of unbranched alkanes of at least 4 members (excludes halogenated alkanes) is 1. The molecule has 1 amide bonds. The van der Waals surface area contributed by atoms with Gasteiger partial charge in [-0.2, -0.15) is 0 Å². The number of carbonyl (C=O) groups is 1. The van der Waals surface area contributed by atoms with Crippen LogP contribution in [0.3, 0.4) is 0 Å². The maximum absolute atomic E-state index is 11.5. The van der Waals surface area contributed by atoms with Gasteiger partial charge < -0.3 is 5.32 Å². The van der Waals surface area contributed by atoms with Crippen LogP contribution in [0.4, 0.5) is 5.69 Å². The van der Waals surface area contributed by atoms with Crippen LogP contribution in [0.25, 0.3) is 0 Å². The Morgan fingerprint density at radius 3 is 2.75 bits per heavy atom. The van der Waals surface area contributed by atoms with Crippen LogP contribution < -0.4 is 5.32 Å². The Kier molecular flexibility index (Phi) is 6.17. The summed E-state index contributed by atoms with van der Waals surface area (Å²) in [5, 5.41) is 4.71. The molecule has 0 aliphatic heterocycles. The van der Waals surface area contributed by atoms with Gasteiger partial charge in [0.15, 0.2) is 0 Å². The lowest BCUT2D eigenvalue weighted by Crippen LogP contribution is -2.11. The molecule has 2 nitrogen and oxygen atoms in total. The summed E-state index contributed by atoms with van der Waals surface area (Å²) in [4.78, 5) is 11.5. The molecule has 0 bridgehead atoms. The first-order valence-corrected chi connectivity index (χ1v) is 6.82. The van der Waals surface area contributed by atoms with E-state index in [1.54, 1.807) is 18.2 Å². The Balaban J connectivity index is 2.52. The van der Waals surface area contributed by atoms with Crippen LogP contribution in [0, 0.1) is 0 Å². The molecule has 0 fully saturated rings. The van der Waals surface area contributed by atoms with Gasteiger partial charge in [-0.05, 0) is 31.0 Å². The largest absolute Gasteiger partial charge is 0.325 e. The van der Waals surface area contributed by atoms with E-state index in [9.17, 15) is 4.79 Å². The van der Waals surface area contributed by atoms with Crippen molar-refractivity contribution in [1.82, 2.24) is 0 Å². The average Bonchev–Trinajstić information content (AvgIpc) is 2.24. The number of carbonyl (C=O) groups excluding carboxylic acids is 1. The van der Waals surface area contributed by atoms with Crippen molar-refractivity contribution >= 4 is 50.7 Å². The minimum Gasteiger partial charge on any atom is -0.325 e. The summed E-state index contributed by atoms with van der Waals surface area (Å²) in [6.45, 7) is 0. The summed E-state index contributed by atoms with van der Waals surface area (Å²) in [6.07, 6.45) is 2.33. The monoisotopic (exact) mass is 323 g/mol. The summed E-state index contributed by atoms with van der Waals surface area (Å²) in [5.41, 5.74) is 0.568. The van der Waals surface area contributed by atoms with Gasteiger partial charge in [-0.25, -0.2) is 0 Å². The molecule has 0 saturated carbocycles. The minimum absolute atomic E-state index is 0.0369. The fraction of sp³-hybridized carbons (Fsp3) is 0.364. The van der Waals surface area contributed by atoms with Crippen LogP contribution in [0.2, 0.25) is 10.0 Å². The SMILES string of the molecule is O=C(CCCCBr)Nc1cc(Cl)ccc1Cl. The lowest BCUT2D eigenvalue weighted by molar-refractivity contribution is -0.116. The van der Waals surface area contributed by atoms with Gasteiger partial charge in [-0.15, -0.1) is 0 Å². The number of hydrogen-bond donors (Lipinski definition) is 1. The molecular formula is C11H12BrCl2NO. The van der Waals surface area contributed by atoms with Crippen LogP contribution in [-0.4, -0.2) is 11.2 Å². The predicted molar refractivity (Wildman–Crippen MR) is 72.7 cm³/mol.